The second kappa shape index (κ2) is 3.25. The van der Waals surface area contributed by atoms with E-state index >= 15 is 0 Å². The van der Waals surface area contributed by atoms with Crippen molar-refractivity contribution in [2.24, 2.45) is 5.73 Å². The molecule has 0 spiro atoms. The highest BCUT2D eigenvalue weighted by molar-refractivity contribution is 4.85. The van der Waals surface area contributed by atoms with Gasteiger partial charge in [0, 0.05) is 6.42 Å². The van der Waals surface area contributed by atoms with Crippen molar-refractivity contribution in [3.05, 3.63) is 0 Å². The number of aliphatic hydroxyl groups is 4. The van der Waals surface area contributed by atoms with Crippen LogP contribution in [0.25, 0.3) is 0 Å². The summed E-state index contributed by atoms with van der Waals surface area (Å²) in [6.45, 7) is -0.502. The number of nitrogens with two attached hydrogens (primary N) is 1. The Balaban J connectivity index is 2.65. The SMILES string of the molecule is N[C@]1(O)C[C@@H](O)[C@H](O)[C@@H](CO)O1. The summed E-state index contributed by atoms with van der Waals surface area (Å²) < 4.78 is 4.68. The Hall–Kier alpha value is -0.240. The molecule has 0 aliphatic carbocycles. The molecule has 0 saturated carbocycles. The van der Waals surface area contributed by atoms with Crippen LogP contribution in [-0.4, -0.2) is 51.3 Å². The maximum absolute atomic E-state index is 9.17. The molecule has 1 aliphatic heterocycles. The average Bonchev–Trinajstić information content (AvgIpc) is 1.96. The van der Waals surface area contributed by atoms with E-state index in [-0.39, 0.29) is 6.42 Å². The third kappa shape index (κ3) is 1.92. The molecular weight excluding hydrogens is 166 g/mol. The van der Waals surface area contributed by atoms with Gasteiger partial charge in [0.25, 0.3) is 0 Å². The Labute approximate surface area is 69.2 Å². The summed E-state index contributed by atoms with van der Waals surface area (Å²) in [5.74, 6) is -1.97. The Morgan fingerprint density at radius 2 is 2.08 bits per heavy atom. The Morgan fingerprint density at radius 3 is 2.58 bits per heavy atom. The minimum absolute atomic E-state index is 0.273. The van der Waals surface area contributed by atoms with Gasteiger partial charge in [-0.15, -0.1) is 0 Å². The van der Waals surface area contributed by atoms with E-state index in [1.54, 1.807) is 0 Å². The van der Waals surface area contributed by atoms with Crippen LogP contribution < -0.4 is 5.73 Å². The molecule has 6 N–H and O–H groups in total. The molecule has 0 aromatic carbocycles. The van der Waals surface area contributed by atoms with Crippen molar-refractivity contribution in [3.63, 3.8) is 0 Å². The largest absolute Gasteiger partial charge is 0.394 e. The van der Waals surface area contributed by atoms with E-state index in [4.69, 9.17) is 26.2 Å². The fourth-order valence-electron chi connectivity index (χ4n) is 1.19. The molecule has 1 heterocycles. The molecule has 1 saturated heterocycles. The van der Waals surface area contributed by atoms with Gasteiger partial charge >= 0.3 is 0 Å². The molecule has 1 aliphatic rings. The van der Waals surface area contributed by atoms with E-state index in [0.717, 1.165) is 0 Å². The predicted octanol–water partition coefficient (Wildman–Crippen LogP) is -2.91. The first kappa shape index (κ1) is 9.85. The van der Waals surface area contributed by atoms with Gasteiger partial charge in [0.05, 0.1) is 12.7 Å². The van der Waals surface area contributed by atoms with Gasteiger partial charge < -0.3 is 25.2 Å². The van der Waals surface area contributed by atoms with Gasteiger partial charge in [-0.25, -0.2) is 0 Å². The van der Waals surface area contributed by atoms with E-state index < -0.39 is 30.8 Å². The summed E-state index contributed by atoms with van der Waals surface area (Å²) in [6.07, 6.45) is -3.70. The summed E-state index contributed by atoms with van der Waals surface area (Å²) in [4.78, 5) is 0. The molecule has 0 unspecified atom stereocenters. The van der Waals surface area contributed by atoms with Crippen LogP contribution in [0.15, 0.2) is 0 Å². The van der Waals surface area contributed by atoms with Gasteiger partial charge in [-0.2, -0.15) is 0 Å². The van der Waals surface area contributed by atoms with E-state index in [1.807, 2.05) is 0 Å². The first-order valence-electron chi connectivity index (χ1n) is 3.62. The molecule has 0 amide bonds. The van der Waals surface area contributed by atoms with Crippen LogP contribution in [-0.2, 0) is 4.74 Å². The molecule has 1 rings (SSSR count). The molecule has 6 nitrogen and oxygen atoms in total. The molecule has 12 heavy (non-hydrogen) atoms. The van der Waals surface area contributed by atoms with Crippen molar-refractivity contribution < 1.29 is 25.2 Å². The van der Waals surface area contributed by atoms with Crippen LogP contribution in [0.4, 0.5) is 0 Å². The summed E-state index contributed by atoms with van der Waals surface area (Å²) in [5, 5.41) is 36.1. The van der Waals surface area contributed by atoms with E-state index in [2.05, 4.69) is 4.74 Å². The highest BCUT2D eigenvalue weighted by atomic mass is 16.7. The minimum Gasteiger partial charge on any atom is -0.394 e. The average molecular weight is 179 g/mol. The smallest absolute Gasteiger partial charge is 0.225 e. The van der Waals surface area contributed by atoms with Crippen molar-refractivity contribution in [2.75, 3.05) is 6.61 Å². The van der Waals surface area contributed by atoms with Crippen molar-refractivity contribution >= 4 is 0 Å². The lowest BCUT2D eigenvalue weighted by molar-refractivity contribution is -0.302. The third-order valence-electron chi connectivity index (χ3n) is 1.81. The van der Waals surface area contributed by atoms with Crippen molar-refractivity contribution in [3.8, 4) is 0 Å². The molecule has 0 aromatic rings. The Bertz CT molecular complexity index is 162. The van der Waals surface area contributed by atoms with Crippen LogP contribution in [0.5, 0.6) is 0 Å². The first-order chi connectivity index (χ1) is 5.46. The zero-order chi connectivity index (χ0) is 9.35. The third-order valence-corrected chi connectivity index (χ3v) is 1.81. The summed E-state index contributed by atoms with van der Waals surface area (Å²) >= 11 is 0. The number of ether oxygens (including phenoxy) is 1. The molecule has 6 heteroatoms. The summed E-state index contributed by atoms with van der Waals surface area (Å²) in [6, 6.07) is 0. The zero-order valence-corrected chi connectivity index (χ0v) is 6.42. The van der Waals surface area contributed by atoms with Crippen molar-refractivity contribution in [1.29, 1.82) is 0 Å². The topological polar surface area (TPSA) is 116 Å². The lowest BCUT2D eigenvalue weighted by atomic mass is 10.00. The molecular formula is C6H13NO5. The van der Waals surface area contributed by atoms with E-state index in [0.29, 0.717) is 0 Å². The standard InChI is InChI=1S/C6H13NO5/c7-6(11)1-3(9)5(10)4(2-8)12-6/h3-5,8-11H,1-2,7H2/t3-,4-,5+,6+/m1/s1. The molecule has 72 valence electrons. The molecule has 0 bridgehead atoms. The van der Waals surface area contributed by atoms with Crippen molar-refractivity contribution in [2.45, 2.75) is 30.6 Å². The van der Waals surface area contributed by atoms with E-state index in [1.165, 1.54) is 0 Å². The highest BCUT2D eigenvalue weighted by Crippen LogP contribution is 2.23. The fourth-order valence-corrected chi connectivity index (χ4v) is 1.19. The zero-order valence-electron chi connectivity index (χ0n) is 6.42. The lowest BCUT2D eigenvalue weighted by Crippen LogP contribution is -2.59. The lowest BCUT2D eigenvalue weighted by Gasteiger charge is -2.39. The van der Waals surface area contributed by atoms with Gasteiger partial charge in [0.15, 0.2) is 0 Å². The van der Waals surface area contributed by atoms with Gasteiger partial charge in [-0.3, -0.25) is 5.73 Å². The van der Waals surface area contributed by atoms with Crippen LogP contribution in [0, 0.1) is 0 Å². The van der Waals surface area contributed by atoms with Gasteiger partial charge in [-0.05, 0) is 0 Å². The Morgan fingerprint density at radius 1 is 1.50 bits per heavy atom. The number of hydrogen-bond donors (Lipinski definition) is 5. The molecule has 1 fully saturated rings. The molecule has 0 aromatic heterocycles. The van der Waals surface area contributed by atoms with Crippen LogP contribution in [0.3, 0.4) is 0 Å². The first-order valence-corrected chi connectivity index (χ1v) is 3.62. The molecule has 4 atom stereocenters. The quantitative estimate of drug-likeness (QED) is 0.276. The fraction of sp³-hybridized carbons (Fsp3) is 1.00. The number of hydrogen-bond acceptors (Lipinski definition) is 6. The maximum Gasteiger partial charge on any atom is 0.225 e. The van der Waals surface area contributed by atoms with E-state index in [9.17, 15) is 0 Å². The van der Waals surface area contributed by atoms with Crippen LogP contribution in [0.2, 0.25) is 0 Å². The van der Waals surface area contributed by atoms with Crippen LogP contribution in [0.1, 0.15) is 6.42 Å². The second-order valence-corrected chi connectivity index (χ2v) is 2.95. The summed E-state index contributed by atoms with van der Waals surface area (Å²) in [7, 11) is 0. The van der Waals surface area contributed by atoms with Gasteiger partial charge in [-0.1, -0.05) is 0 Å². The van der Waals surface area contributed by atoms with Gasteiger partial charge in [0.1, 0.15) is 12.2 Å². The predicted molar refractivity (Wildman–Crippen MR) is 37.7 cm³/mol. The number of rotatable bonds is 1. The van der Waals surface area contributed by atoms with Crippen LogP contribution >= 0.6 is 0 Å². The maximum atomic E-state index is 9.17. The van der Waals surface area contributed by atoms with Crippen molar-refractivity contribution in [1.82, 2.24) is 0 Å². The van der Waals surface area contributed by atoms with Gasteiger partial charge in [0.2, 0.25) is 5.91 Å². The normalized spacial score (nSPS) is 49.2. The number of aliphatic hydroxyl groups excluding tert-OH is 3. The highest BCUT2D eigenvalue weighted by Gasteiger charge is 2.42. The molecule has 0 radical (unpaired) electrons. The Kier molecular flexibility index (Phi) is 2.67. The summed E-state index contributed by atoms with van der Waals surface area (Å²) in [5.41, 5.74) is 5.15. The second-order valence-electron chi connectivity index (χ2n) is 2.95. The monoisotopic (exact) mass is 179 g/mol. The minimum atomic E-state index is -1.97.